The summed E-state index contributed by atoms with van der Waals surface area (Å²) in [5, 5.41) is 4.42. The van der Waals surface area contributed by atoms with E-state index in [9.17, 15) is 4.39 Å². The Morgan fingerprint density at radius 1 is 1.20 bits per heavy atom. The molecule has 3 aromatic rings. The maximum absolute atomic E-state index is 14.1. The van der Waals surface area contributed by atoms with Gasteiger partial charge in [-0.2, -0.15) is 0 Å². The molecule has 0 bridgehead atoms. The molecule has 2 aromatic heterocycles. The highest BCUT2D eigenvalue weighted by Gasteiger charge is 2.30. The van der Waals surface area contributed by atoms with Crippen molar-refractivity contribution in [1.29, 1.82) is 0 Å². The summed E-state index contributed by atoms with van der Waals surface area (Å²) in [5.74, 6) is -0.00704. The van der Waals surface area contributed by atoms with E-state index in [1.807, 2.05) is 39.0 Å². The van der Waals surface area contributed by atoms with E-state index >= 15 is 0 Å². The van der Waals surface area contributed by atoms with Gasteiger partial charge in [0.1, 0.15) is 11.9 Å². The fourth-order valence-corrected chi connectivity index (χ4v) is 3.95. The first-order chi connectivity index (χ1) is 14.4. The number of aryl methyl sites for hydroxylation is 1. The van der Waals surface area contributed by atoms with Crippen LogP contribution in [0.3, 0.4) is 0 Å². The molecule has 1 unspecified atom stereocenters. The number of oxime groups is 1. The SMILES string of the molecule is Cc1nc(N)nc2c1/C(=N/OC(C)C)CC(c1ccc(F)cc1-c1cccnc1)C2. The third kappa shape index (κ3) is 4.01. The number of nitrogens with zero attached hydrogens (tertiary/aromatic N) is 4. The maximum Gasteiger partial charge on any atom is 0.220 e. The van der Waals surface area contributed by atoms with Crippen molar-refractivity contribution < 1.29 is 9.23 Å². The van der Waals surface area contributed by atoms with E-state index in [0.717, 1.165) is 39.4 Å². The quantitative estimate of drug-likeness (QED) is 0.649. The number of hydrogen-bond acceptors (Lipinski definition) is 6. The summed E-state index contributed by atoms with van der Waals surface area (Å²) >= 11 is 0. The minimum atomic E-state index is -0.284. The van der Waals surface area contributed by atoms with Crippen molar-refractivity contribution in [2.24, 2.45) is 5.16 Å². The average Bonchev–Trinajstić information content (AvgIpc) is 2.72. The number of halogens is 1. The van der Waals surface area contributed by atoms with Crippen molar-refractivity contribution in [3.63, 3.8) is 0 Å². The Labute approximate surface area is 175 Å². The predicted octanol–water partition coefficient (Wildman–Crippen LogP) is 4.43. The molecule has 0 aliphatic heterocycles. The van der Waals surface area contributed by atoms with Crippen LogP contribution in [0.1, 0.15) is 48.7 Å². The molecule has 2 N–H and O–H groups in total. The minimum absolute atomic E-state index is 0.0384. The van der Waals surface area contributed by atoms with E-state index < -0.39 is 0 Å². The molecule has 0 saturated heterocycles. The zero-order chi connectivity index (χ0) is 21.3. The van der Waals surface area contributed by atoms with Crippen LogP contribution in [0.2, 0.25) is 0 Å². The standard InChI is InChI=1S/C23H24FN5O/c1-13(2)30-29-21-10-16(9-20-22(21)14(3)27-23(25)28-20)18-7-6-17(24)11-19(18)15-5-4-8-26-12-15/h4-8,11-13,16H,9-10H2,1-3H3,(H2,25,27,28)/b29-21+. The van der Waals surface area contributed by atoms with Crippen LogP contribution in [0.5, 0.6) is 0 Å². The molecule has 1 aliphatic carbocycles. The summed E-state index contributed by atoms with van der Waals surface area (Å²) in [7, 11) is 0. The van der Waals surface area contributed by atoms with Gasteiger partial charge < -0.3 is 10.6 Å². The monoisotopic (exact) mass is 405 g/mol. The van der Waals surface area contributed by atoms with Crippen LogP contribution in [-0.2, 0) is 11.3 Å². The second-order valence-corrected chi connectivity index (χ2v) is 7.76. The molecule has 1 aliphatic rings. The molecule has 154 valence electrons. The number of aromatic nitrogens is 3. The lowest BCUT2D eigenvalue weighted by atomic mass is 9.78. The van der Waals surface area contributed by atoms with Gasteiger partial charge in [-0.1, -0.05) is 17.3 Å². The van der Waals surface area contributed by atoms with Gasteiger partial charge in [0.05, 0.1) is 17.1 Å². The number of hydrogen-bond donors (Lipinski definition) is 1. The van der Waals surface area contributed by atoms with Crippen molar-refractivity contribution in [3.8, 4) is 11.1 Å². The Bertz CT molecular complexity index is 1100. The van der Waals surface area contributed by atoms with E-state index in [4.69, 9.17) is 10.6 Å². The molecule has 7 heteroatoms. The van der Waals surface area contributed by atoms with Gasteiger partial charge in [-0.05, 0) is 62.4 Å². The molecule has 4 rings (SSSR count). The van der Waals surface area contributed by atoms with E-state index in [0.29, 0.717) is 12.8 Å². The molecule has 0 saturated carbocycles. The van der Waals surface area contributed by atoms with Crippen molar-refractivity contribution in [2.75, 3.05) is 5.73 Å². The summed E-state index contributed by atoms with van der Waals surface area (Å²) in [4.78, 5) is 18.6. The largest absolute Gasteiger partial charge is 0.393 e. The van der Waals surface area contributed by atoms with Crippen LogP contribution < -0.4 is 5.73 Å². The normalized spacial score (nSPS) is 17.2. The lowest BCUT2D eigenvalue weighted by molar-refractivity contribution is 0.0853. The Hall–Kier alpha value is -3.35. The Balaban J connectivity index is 1.82. The van der Waals surface area contributed by atoms with Gasteiger partial charge in [0.25, 0.3) is 0 Å². The van der Waals surface area contributed by atoms with Crippen LogP contribution >= 0.6 is 0 Å². The summed E-state index contributed by atoms with van der Waals surface area (Å²) < 4.78 is 14.1. The predicted molar refractivity (Wildman–Crippen MR) is 115 cm³/mol. The van der Waals surface area contributed by atoms with Gasteiger partial charge >= 0.3 is 0 Å². The second-order valence-electron chi connectivity index (χ2n) is 7.76. The summed E-state index contributed by atoms with van der Waals surface area (Å²) in [5.41, 5.74) is 11.9. The molecule has 0 amide bonds. The number of pyridine rings is 1. The first-order valence-corrected chi connectivity index (χ1v) is 9.98. The maximum atomic E-state index is 14.1. The van der Waals surface area contributed by atoms with Crippen molar-refractivity contribution in [1.82, 2.24) is 15.0 Å². The molecule has 1 aromatic carbocycles. The molecular formula is C23H24FN5O. The highest BCUT2D eigenvalue weighted by Crippen LogP contribution is 2.38. The fraction of sp³-hybridized carbons (Fsp3) is 0.304. The smallest absolute Gasteiger partial charge is 0.220 e. The number of rotatable bonds is 4. The third-order valence-electron chi connectivity index (χ3n) is 5.15. The first kappa shape index (κ1) is 19.9. The number of anilines is 1. The molecule has 2 heterocycles. The van der Waals surface area contributed by atoms with E-state index in [1.165, 1.54) is 6.07 Å². The van der Waals surface area contributed by atoms with Crippen LogP contribution in [0, 0.1) is 12.7 Å². The van der Waals surface area contributed by atoms with Gasteiger partial charge in [-0.25, -0.2) is 14.4 Å². The number of benzene rings is 1. The lowest BCUT2D eigenvalue weighted by Gasteiger charge is -2.28. The molecule has 0 radical (unpaired) electrons. The van der Waals surface area contributed by atoms with Crippen molar-refractivity contribution in [3.05, 3.63) is 71.1 Å². The van der Waals surface area contributed by atoms with Crippen LogP contribution in [0.4, 0.5) is 10.3 Å². The van der Waals surface area contributed by atoms with Crippen LogP contribution in [0.15, 0.2) is 47.9 Å². The van der Waals surface area contributed by atoms with E-state index in [1.54, 1.807) is 18.5 Å². The van der Waals surface area contributed by atoms with Gasteiger partial charge in [0, 0.05) is 29.9 Å². The zero-order valence-electron chi connectivity index (χ0n) is 17.3. The highest BCUT2D eigenvalue weighted by atomic mass is 19.1. The van der Waals surface area contributed by atoms with E-state index in [-0.39, 0.29) is 23.8 Å². The van der Waals surface area contributed by atoms with Crippen molar-refractivity contribution >= 4 is 11.7 Å². The molecule has 0 spiro atoms. The Morgan fingerprint density at radius 3 is 2.77 bits per heavy atom. The lowest BCUT2D eigenvalue weighted by Crippen LogP contribution is -2.24. The second kappa shape index (κ2) is 8.18. The van der Waals surface area contributed by atoms with E-state index in [2.05, 4.69) is 20.1 Å². The molecule has 6 nitrogen and oxygen atoms in total. The van der Waals surface area contributed by atoms with Crippen LogP contribution in [-0.4, -0.2) is 26.8 Å². The third-order valence-corrected chi connectivity index (χ3v) is 5.15. The van der Waals surface area contributed by atoms with Crippen molar-refractivity contribution in [2.45, 2.75) is 45.6 Å². The minimum Gasteiger partial charge on any atom is -0.393 e. The topological polar surface area (TPSA) is 86.3 Å². The molecular weight excluding hydrogens is 381 g/mol. The van der Waals surface area contributed by atoms with Gasteiger partial charge in [-0.3, -0.25) is 4.98 Å². The summed E-state index contributed by atoms with van der Waals surface area (Å²) in [6.45, 7) is 5.76. The molecule has 0 fully saturated rings. The molecule has 30 heavy (non-hydrogen) atoms. The average molecular weight is 405 g/mol. The summed E-state index contributed by atoms with van der Waals surface area (Å²) in [6.07, 6.45) is 4.69. The summed E-state index contributed by atoms with van der Waals surface area (Å²) in [6, 6.07) is 8.67. The first-order valence-electron chi connectivity index (χ1n) is 9.98. The zero-order valence-corrected chi connectivity index (χ0v) is 17.3. The van der Waals surface area contributed by atoms with Gasteiger partial charge in [-0.15, -0.1) is 0 Å². The Morgan fingerprint density at radius 2 is 2.03 bits per heavy atom. The van der Waals surface area contributed by atoms with Gasteiger partial charge in [0.15, 0.2) is 0 Å². The number of nitrogens with two attached hydrogens (primary N) is 1. The Kier molecular flexibility index (Phi) is 5.44. The fourth-order valence-electron chi connectivity index (χ4n) is 3.95. The number of fused-ring (bicyclic) bond motifs is 1. The number of nitrogen functional groups attached to an aromatic ring is 1. The highest BCUT2D eigenvalue weighted by molar-refractivity contribution is 6.03. The molecule has 1 atom stereocenters. The van der Waals surface area contributed by atoms with Gasteiger partial charge in [0.2, 0.25) is 5.95 Å². The van der Waals surface area contributed by atoms with Crippen LogP contribution in [0.25, 0.3) is 11.1 Å².